The van der Waals surface area contributed by atoms with Gasteiger partial charge in [-0.15, -0.1) is 0 Å². The highest BCUT2D eigenvalue weighted by molar-refractivity contribution is 6.02. The number of hydrogen-bond acceptors (Lipinski definition) is 6. The van der Waals surface area contributed by atoms with E-state index in [9.17, 15) is 0 Å². The van der Waals surface area contributed by atoms with Gasteiger partial charge in [0.25, 0.3) is 0 Å². The van der Waals surface area contributed by atoms with Crippen LogP contribution in [-0.4, -0.2) is 65.3 Å². The fourth-order valence-corrected chi connectivity index (χ4v) is 8.73. The standard InChI is InChI=1S/C36H42FN5O/c1-3-24-7-4-8-25-9-5-10-28(31(24)25)29-13-14-30-33(32(29)37)39-35(43-22-36-16-6-17-42(36)20-23(2)19-36)40-34(30)41-18-15-26-11-12-27(21-41)38-26/h4-5,7-10,13-14,23,26-27,38H,3,6,11-12,15-22H2,1-2H3/t23-,26-,27+,36+/m1/s1. The topological polar surface area (TPSA) is 53.5 Å². The fraction of sp³-hybridized carbons (Fsp3) is 0.500. The maximum Gasteiger partial charge on any atom is 0.319 e. The molecule has 1 aromatic heterocycles. The minimum atomic E-state index is -0.297. The molecule has 0 radical (unpaired) electrons. The molecule has 5 heterocycles. The van der Waals surface area contributed by atoms with E-state index in [0.29, 0.717) is 41.7 Å². The summed E-state index contributed by atoms with van der Waals surface area (Å²) in [6.07, 6.45) is 7.82. The molecule has 6 nitrogen and oxygen atoms in total. The van der Waals surface area contributed by atoms with E-state index >= 15 is 4.39 Å². The van der Waals surface area contributed by atoms with Gasteiger partial charge in [0.05, 0.1) is 5.54 Å². The summed E-state index contributed by atoms with van der Waals surface area (Å²) >= 11 is 0. The third-order valence-corrected chi connectivity index (χ3v) is 10.7. The van der Waals surface area contributed by atoms with E-state index in [1.54, 1.807) is 0 Å². The fourth-order valence-electron chi connectivity index (χ4n) is 8.73. The molecule has 0 saturated carbocycles. The summed E-state index contributed by atoms with van der Waals surface area (Å²) in [5.74, 6) is 1.16. The van der Waals surface area contributed by atoms with E-state index in [4.69, 9.17) is 14.7 Å². The molecule has 8 rings (SSSR count). The number of ether oxygens (including phenoxy) is 1. The quantitative estimate of drug-likeness (QED) is 0.273. The molecule has 43 heavy (non-hydrogen) atoms. The number of benzene rings is 3. The summed E-state index contributed by atoms with van der Waals surface area (Å²) < 4.78 is 23.4. The maximum atomic E-state index is 16.9. The van der Waals surface area contributed by atoms with Crippen molar-refractivity contribution in [3.8, 4) is 17.1 Å². The lowest BCUT2D eigenvalue weighted by Crippen LogP contribution is -2.43. The van der Waals surface area contributed by atoms with E-state index < -0.39 is 0 Å². The number of anilines is 1. The highest BCUT2D eigenvalue weighted by atomic mass is 19.1. The number of nitrogens with zero attached hydrogens (tertiary/aromatic N) is 4. The van der Waals surface area contributed by atoms with E-state index in [2.05, 4.69) is 53.2 Å². The van der Waals surface area contributed by atoms with Gasteiger partial charge in [0.2, 0.25) is 0 Å². The number of hydrogen-bond donors (Lipinski definition) is 1. The van der Waals surface area contributed by atoms with Gasteiger partial charge in [-0.2, -0.15) is 9.97 Å². The lowest BCUT2D eigenvalue weighted by Gasteiger charge is -2.31. The Bertz CT molecular complexity index is 1690. The Morgan fingerprint density at radius 1 is 0.977 bits per heavy atom. The largest absolute Gasteiger partial charge is 0.461 e. The van der Waals surface area contributed by atoms with Gasteiger partial charge in [-0.05, 0) is 85.4 Å². The Labute approximate surface area is 253 Å². The van der Waals surface area contributed by atoms with Crippen molar-refractivity contribution in [2.24, 2.45) is 5.92 Å². The maximum absolute atomic E-state index is 16.9. The number of rotatable bonds is 6. The zero-order chi connectivity index (χ0) is 29.1. The molecule has 3 aromatic carbocycles. The van der Waals surface area contributed by atoms with Crippen LogP contribution in [0.5, 0.6) is 6.01 Å². The van der Waals surface area contributed by atoms with Crippen LogP contribution < -0.4 is 15.0 Å². The van der Waals surface area contributed by atoms with Crippen LogP contribution in [0.4, 0.5) is 10.2 Å². The molecule has 4 fully saturated rings. The Morgan fingerprint density at radius 3 is 2.72 bits per heavy atom. The number of aromatic nitrogens is 2. The normalized spacial score (nSPS) is 27.2. The first-order valence-electron chi connectivity index (χ1n) is 16.4. The van der Waals surface area contributed by atoms with Gasteiger partial charge >= 0.3 is 6.01 Å². The molecule has 7 heteroatoms. The second-order valence-electron chi connectivity index (χ2n) is 13.6. The van der Waals surface area contributed by atoms with Crippen LogP contribution in [0, 0.1) is 11.7 Å². The van der Waals surface area contributed by atoms with Crippen molar-refractivity contribution in [1.29, 1.82) is 0 Å². The first-order valence-corrected chi connectivity index (χ1v) is 16.4. The van der Waals surface area contributed by atoms with Crippen LogP contribution in [0.1, 0.15) is 57.9 Å². The van der Waals surface area contributed by atoms with Crippen molar-refractivity contribution in [3.05, 3.63) is 59.9 Å². The second kappa shape index (κ2) is 10.7. The van der Waals surface area contributed by atoms with Gasteiger partial charge in [0.15, 0.2) is 5.82 Å². The summed E-state index contributed by atoms with van der Waals surface area (Å²) in [6.45, 7) is 9.05. The van der Waals surface area contributed by atoms with E-state index in [-0.39, 0.29) is 11.4 Å². The second-order valence-corrected chi connectivity index (χ2v) is 13.6. The number of nitrogens with one attached hydrogen (secondary N) is 1. The summed E-state index contributed by atoms with van der Waals surface area (Å²) in [5, 5.41) is 6.78. The van der Waals surface area contributed by atoms with Crippen LogP contribution in [0.3, 0.4) is 0 Å². The van der Waals surface area contributed by atoms with Gasteiger partial charge in [0, 0.05) is 42.7 Å². The molecule has 0 amide bonds. The molecule has 4 aromatic rings. The Balaban J connectivity index is 1.25. The van der Waals surface area contributed by atoms with Crippen LogP contribution >= 0.6 is 0 Å². The average Bonchev–Trinajstić information content (AvgIpc) is 3.66. The SMILES string of the molecule is CCc1cccc2cccc(-c3ccc4c(N5CC[C@H]6CC[C@@H](C5)N6)nc(OC[C@@]56CCCN5C[C@H](C)C6)nc4c3F)c12. The van der Waals surface area contributed by atoms with Gasteiger partial charge in [-0.1, -0.05) is 56.3 Å². The minimum Gasteiger partial charge on any atom is -0.461 e. The zero-order valence-electron chi connectivity index (χ0n) is 25.4. The first kappa shape index (κ1) is 27.3. The van der Waals surface area contributed by atoms with Crippen molar-refractivity contribution in [2.45, 2.75) is 76.4 Å². The molecule has 0 spiro atoms. The summed E-state index contributed by atoms with van der Waals surface area (Å²) in [4.78, 5) is 14.8. The van der Waals surface area contributed by atoms with Crippen LogP contribution in [0.15, 0.2) is 48.5 Å². The van der Waals surface area contributed by atoms with Crippen molar-refractivity contribution in [3.63, 3.8) is 0 Å². The summed E-state index contributed by atoms with van der Waals surface area (Å²) in [6, 6.07) is 17.8. The number of aryl methyl sites for hydroxylation is 1. The van der Waals surface area contributed by atoms with Crippen LogP contribution in [0.25, 0.3) is 32.8 Å². The Hall–Kier alpha value is -3.29. The number of halogens is 1. The summed E-state index contributed by atoms with van der Waals surface area (Å²) in [7, 11) is 0. The van der Waals surface area contributed by atoms with Gasteiger partial charge < -0.3 is 15.0 Å². The Morgan fingerprint density at radius 2 is 1.84 bits per heavy atom. The molecule has 2 bridgehead atoms. The predicted molar refractivity (Wildman–Crippen MR) is 171 cm³/mol. The first-order chi connectivity index (χ1) is 21.0. The molecule has 0 aliphatic carbocycles. The van der Waals surface area contributed by atoms with Crippen molar-refractivity contribution in [1.82, 2.24) is 20.2 Å². The highest BCUT2D eigenvalue weighted by Gasteiger charge is 2.47. The van der Waals surface area contributed by atoms with Crippen LogP contribution in [0.2, 0.25) is 0 Å². The lowest BCUT2D eigenvalue weighted by atomic mass is 9.92. The molecule has 4 aliphatic heterocycles. The van der Waals surface area contributed by atoms with E-state index in [1.165, 1.54) is 24.8 Å². The van der Waals surface area contributed by atoms with Gasteiger partial charge in [0.1, 0.15) is 17.9 Å². The molecule has 0 unspecified atom stereocenters. The van der Waals surface area contributed by atoms with Crippen molar-refractivity contribution >= 4 is 27.5 Å². The average molecular weight is 580 g/mol. The lowest BCUT2D eigenvalue weighted by molar-refractivity contribution is 0.107. The minimum absolute atomic E-state index is 0.0451. The van der Waals surface area contributed by atoms with E-state index in [0.717, 1.165) is 79.4 Å². The molecular weight excluding hydrogens is 537 g/mol. The molecule has 224 valence electrons. The summed E-state index contributed by atoms with van der Waals surface area (Å²) in [5.41, 5.74) is 3.11. The smallest absolute Gasteiger partial charge is 0.319 e. The molecule has 4 aliphatic rings. The molecule has 4 saturated heterocycles. The highest BCUT2D eigenvalue weighted by Crippen LogP contribution is 2.42. The molecule has 1 N–H and O–H groups in total. The van der Waals surface area contributed by atoms with Crippen LogP contribution in [-0.2, 0) is 6.42 Å². The van der Waals surface area contributed by atoms with Crippen molar-refractivity contribution in [2.75, 3.05) is 37.7 Å². The van der Waals surface area contributed by atoms with Crippen molar-refractivity contribution < 1.29 is 9.13 Å². The van der Waals surface area contributed by atoms with E-state index in [1.807, 2.05) is 24.3 Å². The van der Waals surface area contributed by atoms with Gasteiger partial charge in [-0.3, -0.25) is 4.90 Å². The van der Waals surface area contributed by atoms with Gasteiger partial charge in [-0.25, -0.2) is 4.39 Å². The third kappa shape index (κ3) is 4.67. The number of fused-ring (bicyclic) bond motifs is 5. The third-order valence-electron chi connectivity index (χ3n) is 10.7. The zero-order valence-corrected chi connectivity index (χ0v) is 25.4. The predicted octanol–water partition coefficient (Wildman–Crippen LogP) is 6.74. The molecule has 4 atom stereocenters. The Kier molecular flexibility index (Phi) is 6.79. The monoisotopic (exact) mass is 579 g/mol. The molecular formula is C36H42FN5O.